The van der Waals surface area contributed by atoms with Gasteiger partial charge in [0.25, 0.3) is 5.89 Å². The van der Waals surface area contributed by atoms with Crippen molar-refractivity contribution in [3.63, 3.8) is 0 Å². The maximum absolute atomic E-state index is 11.7. The monoisotopic (exact) mass is 146 g/mol. The van der Waals surface area contributed by atoms with Gasteiger partial charge in [0.05, 0.1) is 0 Å². The lowest BCUT2D eigenvalue weighted by atomic mass is 10.6. The second-order valence-electron chi connectivity index (χ2n) is 1.67. The molecule has 0 saturated carbocycles. The highest BCUT2D eigenvalue weighted by Crippen LogP contribution is 1.98. The van der Waals surface area contributed by atoms with Gasteiger partial charge < -0.3 is 9.26 Å². The fourth-order valence-electron chi connectivity index (χ4n) is 0.532. The lowest BCUT2D eigenvalue weighted by molar-refractivity contribution is 0.174. The molecule has 0 aromatic carbocycles. The SMILES string of the molecule is COCc1noc(CF)n1. The summed E-state index contributed by atoms with van der Waals surface area (Å²) < 4.78 is 20.9. The Kier molecular flexibility index (Phi) is 2.33. The second kappa shape index (κ2) is 3.26. The second-order valence-corrected chi connectivity index (χ2v) is 1.67. The van der Waals surface area contributed by atoms with E-state index in [2.05, 4.69) is 19.4 Å². The third-order valence-corrected chi connectivity index (χ3v) is 0.898. The molecule has 0 atom stereocenters. The Bertz CT molecular complexity index is 201. The first-order chi connectivity index (χ1) is 4.86. The van der Waals surface area contributed by atoms with Crippen LogP contribution in [0, 0.1) is 0 Å². The van der Waals surface area contributed by atoms with Crippen molar-refractivity contribution in [2.24, 2.45) is 0 Å². The fourth-order valence-corrected chi connectivity index (χ4v) is 0.532. The minimum Gasteiger partial charge on any atom is -0.377 e. The van der Waals surface area contributed by atoms with E-state index in [4.69, 9.17) is 0 Å². The number of hydrogen-bond donors (Lipinski definition) is 0. The highest BCUT2D eigenvalue weighted by atomic mass is 19.1. The van der Waals surface area contributed by atoms with E-state index in [0.717, 1.165) is 0 Å². The Labute approximate surface area is 57.0 Å². The summed E-state index contributed by atoms with van der Waals surface area (Å²) in [6, 6.07) is 0. The van der Waals surface area contributed by atoms with Gasteiger partial charge in [-0.2, -0.15) is 4.98 Å². The molecular formula is C5H7FN2O2. The lowest BCUT2D eigenvalue weighted by Crippen LogP contribution is -1.89. The van der Waals surface area contributed by atoms with Gasteiger partial charge in [-0.1, -0.05) is 5.16 Å². The van der Waals surface area contributed by atoms with Gasteiger partial charge in [0.1, 0.15) is 6.61 Å². The van der Waals surface area contributed by atoms with E-state index in [0.29, 0.717) is 5.82 Å². The van der Waals surface area contributed by atoms with Crippen molar-refractivity contribution in [1.29, 1.82) is 0 Å². The van der Waals surface area contributed by atoms with Crippen LogP contribution in [-0.2, 0) is 18.0 Å². The Balaban J connectivity index is 2.59. The molecule has 0 spiro atoms. The van der Waals surface area contributed by atoms with Gasteiger partial charge >= 0.3 is 0 Å². The Morgan fingerprint density at radius 2 is 2.50 bits per heavy atom. The highest BCUT2D eigenvalue weighted by molar-refractivity contribution is 4.81. The zero-order valence-corrected chi connectivity index (χ0v) is 5.50. The summed E-state index contributed by atoms with van der Waals surface area (Å²) in [5.74, 6) is 0.363. The van der Waals surface area contributed by atoms with Crippen molar-refractivity contribution >= 4 is 0 Å². The summed E-state index contributed by atoms with van der Waals surface area (Å²) in [6.07, 6.45) is 0. The summed E-state index contributed by atoms with van der Waals surface area (Å²) in [5, 5.41) is 3.43. The van der Waals surface area contributed by atoms with Crippen molar-refractivity contribution in [1.82, 2.24) is 10.1 Å². The predicted octanol–water partition coefficient (Wildman–Crippen LogP) is 0.685. The predicted molar refractivity (Wildman–Crippen MR) is 29.8 cm³/mol. The van der Waals surface area contributed by atoms with Gasteiger partial charge in [-0.3, -0.25) is 0 Å². The van der Waals surface area contributed by atoms with Crippen LogP contribution in [0.15, 0.2) is 4.52 Å². The first-order valence-electron chi connectivity index (χ1n) is 2.73. The molecule has 4 nitrogen and oxygen atoms in total. The van der Waals surface area contributed by atoms with E-state index in [9.17, 15) is 4.39 Å². The molecule has 5 heteroatoms. The molecule has 10 heavy (non-hydrogen) atoms. The number of hydrogen-bond acceptors (Lipinski definition) is 4. The number of nitrogens with zero attached hydrogens (tertiary/aromatic N) is 2. The maximum atomic E-state index is 11.7. The number of halogens is 1. The average Bonchev–Trinajstić information content (AvgIpc) is 2.37. The van der Waals surface area contributed by atoms with Crippen molar-refractivity contribution in [2.45, 2.75) is 13.3 Å². The fraction of sp³-hybridized carbons (Fsp3) is 0.600. The summed E-state index contributed by atoms with van der Waals surface area (Å²) in [4.78, 5) is 3.64. The number of aromatic nitrogens is 2. The molecule has 0 fully saturated rings. The van der Waals surface area contributed by atoms with E-state index in [1.165, 1.54) is 7.11 Å². The molecule has 0 bridgehead atoms. The minimum absolute atomic E-state index is 0.00736. The third kappa shape index (κ3) is 1.51. The maximum Gasteiger partial charge on any atom is 0.258 e. The normalized spacial score (nSPS) is 10.2. The number of ether oxygens (including phenoxy) is 1. The van der Waals surface area contributed by atoms with Crippen molar-refractivity contribution in [3.05, 3.63) is 11.7 Å². The van der Waals surface area contributed by atoms with Gasteiger partial charge in [0, 0.05) is 7.11 Å². The quantitative estimate of drug-likeness (QED) is 0.629. The lowest BCUT2D eigenvalue weighted by Gasteiger charge is -1.85. The molecule has 0 aliphatic heterocycles. The topological polar surface area (TPSA) is 48.2 Å². The van der Waals surface area contributed by atoms with E-state index in [1.807, 2.05) is 0 Å². The largest absolute Gasteiger partial charge is 0.377 e. The standard InChI is InChI=1S/C5H7FN2O2/c1-9-3-4-7-5(2-6)10-8-4/h2-3H2,1H3. The van der Waals surface area contributed by atoms with Crippen molar-refractivity contribution in [2.75, 3.05) is 7.11 Å². The third-order valence-electron chi connectivity index (χ3n) is 0.898. The summed E-state index contributed by atoms with van der Waals surface area (Å²) in [7, 11) is 1.51. The molecule has 0 N–H and O–H groups in total. The molecular weight excluding hydrogens is 139 g/mol. The zero-order valence-electron chi connectivity index (χ0n) is 5.50. The number of alkyl halides is 1. The minimum atomic E-state index is -0.725. The van der Waals surface area contributed by atoms with Crippen LogP contribution in [0.4, 0.5) is 4.39 Å². The molecule has 0 unspecified atom stereocenters. The molecule has 0 amide bonds. The molecule has 1 aromatic rings. The van der Waals surface area contributed by atoms with Gasteiger partial charge in [0.15, 0.2) is 12.5 Å². The van der Waals surface area contributed by atoms with Crippen LogP contribution < -0.4 is 0 Å². The van der Waals surface area contributed by atoms with Crippen LogP contribution in [0.5, 0.6) is 0 Å². The Hall–Kier alpha value is -0.970. The van der Waals surface area contributed by atoms with E-state index >= 15 is 0 Å². The molecule has 56 valence electrons. The van der Waals surface area contributed by atoms with Crippen LogP contribution in [0.25, 0.3) is 0 Å². The van der Waals surface area contributed by atoms with Gasteiger partial charge in [-0.05, 0) is 0 Å². The number of methoxy groups -OCH3 is 1. The highest BCUT2D eigenvalue weighted by Gasteiger charge is 2.03. The Morgan fingerprint density at radius 1 is 1.70 bits per heavy atom. The first kappa shape index (κ1) is 7.14. The van der Waals surface area contributed by atoms with E-state index < -0.39 is 6.67 Å². The molecule has 1 aromatic heterocycles. The molecule has 1 rings (SSSR count). The molecule has 0 aliphatic carbocycles. The first-order valence-corrected chi connectivity index (χ1v) is 2.73. The van der Waals surface area contributed by atoms with Crippen molar-refractivity contribution < 1.29 is 13.7 Å². The summed E-state index contributed by atoms with van der Waals surface area (Å²) in [6.45, 7) is -0.472. The average molecular weight is 146 g/mol. The number of rotatable bonds is 3. The van der Waals surface area contributed by atoms with Gasteiger partial charge in [-0.25, -0.2) is 4.39 Å². The van der Waals surface area contributed by atoms with Crippen LogP contribution in [0.2, 0.25) is 0 Å². The van der Waals surface area contributed by atoms with Crippen LogP contribution in [0.1, 0.15) is 11.7 Å². The van der Waals surface area contributed by atoms with E-state index in [-0.39, 0.29) is 12.5 Å². The van der Waals surface area contributed by atoms with Gasteiger partial charge in [-0.15, -0.1) is 0 Å². The molecule has 0 aliphatic rings. The van der Waals surface area contributed by atoms with Crippen molar-refractivity contribution in [3.8, 4) is 0 Å². The molecule has 0 saturated heterocycles. The summed E-state index contributed by atoms with van der Waals surface area (Å²) in [5.41, 5.74) is 0. The van der Waals surface area contributed by atoms with E-state index in [1.54, 1.807) is 0 Å². The zero-order chi connectivity index (χ0) is 7.40. The molecule has 0 radical (unpaired) electrons. The van der Waals surface area contributed by atoms with Crippen LogP contribution in [-0.4, -0.2) is 17.3 Å². The van der Waals surface area contributed by atoms with Crippen LogP contribution >= 0.6 is 0 Å². The van der Waals surface area contributed by atoms with Crippen LogP contribution in [0.3, 0.4) is 0 Å². The molecule has 1 heterocycles. The summed E-state index contributed by atoms with van der Waals surface area (Å²) >= 11 is 0. The smallest absolute Gasteiger partial charge is 0.258 e. The Morgan fingerprint density at radius 3 is 3.00 bits per heavy atom. The van der Waals surface area contributed by atoms with Gasteiger partial charge in [0.2, 0.25) is 0 Å².